The SMILES string of the molecule is C[C@@]1(c2ccc(C#N)cc2F)Oc2cccc(C3=CCCCC3)c2O1. The van der Waals surface area contributed by atoms with Crippen molar-refractivity contribution in [2.75, 3.05) is 0 Å². The highest BCUT2D eigenvalue weighted by molar-refractivity contribution is 5.74. The van der Waals surface area contributed by atoms with Gasteiger partial charge < -0.3 is 9.47 Å². The Morgan fingerprint density at radius 3 is 2.76 bits per heavy atom. The Balaban J connectivity index is 1.74. The molecule has 0 amide bonds. The van der Waals surface area contributed by atoms with E-state index in [1.165, 1.54) is 18.1 Å². The molecule has 0 fully saturated rings. The smallest absolute Gasteiger partial charge is 0.278 e. The molecule has 1 heterocycles. The van der Waals surface area contributed by atoms with Crippen molar-refractivity contribution in [3.63, 3.8) is 0 Å². The van der Waals surface area contributed by atoms with Gasteiger partial charge in [-0.15, -0.1) is 0 Å². The number of halogens is 1. The van der Waals surface area contributed by atoms with E-state index in [1.54, 1.807) is 19.1 Å². The summed E-state index contributed by atoms with van der Waals surface area (Å²) in [5, 5.41) is 8.92. The largest absolute Gasteiger partial charge is 0.444 e. The van der Waals surface area contributed by atoms with Gasteiger partial charge in [-0.05, 0) is 55.5 Å². The maximum Gasteiger partial charge on any atom is 0.278 e. The lowest BCUT2D eigenvalue weighted by atomic mass is 9.93. The van der Waals surface area contributed by atoms with E-state index < -0.39 is 11.6 Å². The van der Waals surface area contributed by atoms with Crippen LogP contribution in [0.1, 0.15) is 49.3 Å². The molecule has 0 saturated carbocycles. The summed E-state index contributed by atoms with van der Waals surface area (Å²) in [6.07, 6.45) is 6.71. The Morgan fingerprint density at radius 2 is 2.04 bits per heavy atom. The Labute approximate surface area is 146 Å². The van der Waals surface area contributed by atoms with Crippen LogP contribution in [-0.4, -0.2) is 0 Å². The van der Waals surface area contributed by atoms with Crippen molar-refractivity contribution in [1.82, 2.24) is 0 Å². The zero-order chi connectivity index (χ0) is 17.4. The third-order valence-corrected chi connectivity index (χ3v) is 4.80. The van der Waals surface area contributed by atoms with E-state index in [2.05, 4.69) is 6.08 Å². The van der Waals surface area contributed by atoms with Gasteiger partial charge in [-0.3, -0.25) is 0 Å². The number of nitrogens with zero attached hydrogens (tertiary/aromatic N) is 1. The fourth-order valence-electron chi connectivity index (χ4n) is 3.53. The summed E-state index contributed by atoms with van der Waals surface area (Å²) in [4.78, 5) is 0. The molecule has 4 heteroatoms. The Bertz CT molecular complexity index is 913. The predicted molar refractivity (Wildman–Crippen MR) is 92.6 cm³/mol. The van der Waals surface area contributed by atoms with Gasteiger partial charge in [-0.25, -0.2) is 4.39 Å². The Kier molecular flexibility index (Phi) is 3.73. The summed E-state index contributed by atoms with van der Waals surface area (Å²) >= 11 is 0. The van der Waals surface area contributed by atoms with Crippen molar-refractivity contribution in [3.8, 4) is 17.6 Å². The number of rotatable bonds is 2. The molecule has 1 atom stereocenters. The number of benzene rings is 2. The fourth-order valence-corrected chi connectivity index (χ4v) is 3.53. The second-order valence-electron chi connectivity index (χ2n) is 6.56. The third kappa shape index (κ3) is 2.66. The van der Waals surface area contributed by atoms with Crippen LogP contribution in [0.3, 0.4) is 0 Å². The lowest BCUT2D eigenvalue weighted by molar-refractivity contribution is -0.0708. The number of nitriles is 1. The van der Waals surface area contributed by atoms with Gasteiger partial charge in [0.05, 0.1) is 17.2 Å². The standard InChI is InChI=1S/C21H18FNO2/c1-21(17-11-10-14(13-23)12-18(17)22)24-19-9-5-8-16(20(19)25-21)15-6-3-2-4-7-15/h5-6,8-12H,2-4,7H2,1H3/t21-/m1/s1. The first-order valence-corrected chi connectivity index (χ1v) is 8.51. The molecule has 3 nitrogen and oxygen atoms in total. The molecular weight excluding hydrogens is 317 g/mol. The van der Waals surface area contributed by atoms with Crippen molar-refractivity contribution >= 4 is 5.57 Å². The Hall–Kier alpha value is -2.80. The molecule has 0 aromatic heterocycles. The first kappa shape index (κ1) is 15.7. The van der Waals surface area contributed by atoms with Crippen molar-refractivity contribution in [2.45, 2.75) is 38.4 Å². The monoisotopic (exact) mass is 335 g/mol. The van der Waals surface area contributed by atoms with Crippen LogP contribution in [0.25, 0.3) is 5.57 Å². The lowest BCUT2D eigenvalue weighted by Crippen LogP contribution is -2.32. The van der Waals surface area contributed by atoms with Gasteiger partial charge in [0, 0.05) is 12.5 Å². The second-order valence-corrected chi connectivity index (χ2v) is 6.56. The van der Waals surface area contributed by atoms with Crippen LogP contribution in [0.2, 0.25) is 0 Å². The van der Waals surface area contributed by atoms with Crippen LogP contribution in [0, 0.1) is 17.1 Å². The van der Waals surface area contributed by atoms with Crippen LogP contribution in [0.15, 0.2) is 42.5 Å². The average molecular weight is 335 g/mol. The number of fused-ring (bicyclic) bond motifs is 1. The molecule has 0 radical (unpaired) electrons. The van der Waals surface area contributed by atoms with Crippen LogP contribution in [0.5, 0.6) is 11.5 Å². The topological polar surface area (TPSA) is 42.2 Å². The second kappa shape index (κ2) is 5.93. The summed E-state index contributed by atoms with van der Waals surface area (Å²) in [7, 11) is 0. The van der Waals surface area contributed by atoms with Crippen LogP contribution >= 0.6 is 0 Å². The zero-order valence-electron chi connectivity index (χ0n) is 14.0. The van der Waals surface area contributed by atoms with Gasteiger partial charge in [-0.1, -0.05) is 18.2 Å². The molecule has 2 aromatic rings. The van der Waals surface area contributed by atoms with E-state index >= 15 is 0 Å². The Morgan fingerprint density at radius 1 is 1.16 bits per heavy atom. The molecule has 25 heavy (non-hydrogen) atoms. The van der Waals surface area contributed by atoms with E-state index in [9.17, 15) is 4.39 Å². The van der Waals surface area contributed by atoms with E-state index in [4.69, 9.17) is 14.7 Å². The van der Waals surface area contributed by atoms with Gasteiger partial charge in [-0.2, -0.15) is 5.26 Å². The average Bonchev–Trinajstić information content (AvgIpc) is 2.99. The summed E-state index contributed by atoms with van der Waals surface area (Å²) < 4.78 is 26.6. The number of hydrogen-bond donors (Lipinski definition) is 0. The van der Waals surface area contributed by atoms with Crippen molar-refractivity contribution in [3.05, 3.63) is 65.0 Å². The molecule has 4 rings (SSSR count). The van der Waals surface area contributed by atoms with Gasteiger partial charge in [0.15, 0.2) is 11.5 Å². The predicted octanol–water partition coefficient (Wildman–Crippen LogP) is 5.30. The van der Waals surface area contributed by atoms with E-state index in [0.29, 0.717) is 11.5 Å². The summed E-state index contributed by atoms with van der Waals surface area (Å²) in [5.74, 6) is -0.462. The molecule has 126 valence electrons. The minimum Gasteiger partial charge on any atom is -0.444 e. The maximum atomic E-state index is 14.5. The van der Waals surface area contributed by atoms with Crippen molar-refractivity contribution < 1.29 is 13.9 Å². The molecule has 0 unspecified atom stereocenters. The quantitative estimate of drug-likeness (QED) is 0.748. The summed E-state index contributed by atoms with van der Waals surface area (Å²) in [6.45, 7) is 1.70. The molecule has 0 saturated heterocycles. The molecular formula is C21H18FNO2. The zero-order valence-corrected chi connectivity index (χ0v) is 14.0. The molecule has 2 aliphatic rings. The minimum atomic E-state index is -1.24. The molecule has 0 bridgehead atoms. The lowest BCUT2D eigenvalue weighted by Gasteiger charge is -2.24. The summed E-state index contributed by atoms with van der Waals surface area (Å²) in [5.41, 5.74) is 2.84. The van der Waals surface area contributed by atoms with Crippen LogP contribution in [-0.2, 0) is 5.79 Å². The van der Waals surface area contributed by atoms with Crippen molar-refractivity contribution in [1.29, 1.82) is 5.26 Å². The first-order chi connectivity index (χ1) is 12.1. The molecule has 2 aromatic carbocycles. The van der Waals surface area contributed by atoms with E-state index in [-0.39, 0.29) is 11.1 Å². The fraction of sp³-hybridized carbons (Fsp3) is 0.286. The maximum absolute atomic E-state index is 14.5. The molecule has 1 aliphatic heterocycles. The number of allylic oxidation sites excluding steroid dienone is 2. The highest BCUT2D eigenvalue weighted by Gasteiger charge is 2.42. The van der Waals surface area contributed by atoms with Gasteiger partial charge in [0.1, 0.15) is 5.82 Å². The number of para-hydroxylation sites is 1. The van der Waals surface area contributed by atoms with Crippen LogP contribution < -0.4 is 9.47 Å². The first-order valence-electron chi connectivity index (χ1n) is 8.51. The molecule has 0 N–H and O–H groups in total. The number of ether oxygens (including phenoxy) is 2. The molecule has 0 spiro atoms. The van der Waals surface area contributed by atoms with Gasteiger partial charge in [0.2, 0.25) is 0 Å². The normalized spacial score (nSPS) is 21.6. The van der Waals surface area contributed by atoms with E-state index in [0.717, 1.165) is 24.8 Å². The van der Waals surface area contributed by atoms with E-state index in [1.807, 2.05) is 24.3 Å². The van der Waals surface area contributed by atoms with Gasteiger partial charge >= 0.3 is 0 Å². The highest BCUT2D eigenvalue weighted by Crippen LogP contribution is 2.49. The summed E-state index contributed by atoms with van der Waals surface area (Å²) in [6, 6.07) is 12.1. The molecule has 1 aliphatic carbocycles. The van der Waals surface area contributed by atoms with Crippen molar-refractivity contribution in [2.24, 2.45) is 0 Å². The number of hydrogen-bond acceptors (Lipinski definition) is 3. The minimum absolute atomic E-state index is 0.272. The highest BCUT2D eigenvalue weighted by atomic mass is 19.1. The van der Waals surface area contributed by atoms with Gasteiger partial charge in [0.25, 0.3) is 5.79 Å². The van der Waals surface area contributed by atoms with Crippen LogP contribution in [0.4, 0.5) is 4.39 Å². The third-order valence-electron chi connectivity index (χ3n) is 4.80.